The molecule has 0 saturated carbocycles. The molecule has 0 fully saturated rings. The van der Waals surface area contributed by atoms with Gasteiger partial charge in [-0.1, -0.05) is 0 Å². The van der Waals surface area contributed by atoms with Crippen LogP contribution in [0.3, 0.4) is 0 Å². The Bertz CT molecular complexity index is 11.6. The largest absolute Gasteiger partial charge is 0 e. The Morgan fingerprint density at radius 3 is 1.00 bits per heavy atom. The first-order valence-electron chi connectivity index (χ1n) is 0. The van der Waals surface area contributed by atoms with Crippen LogP contribution in [0.5, 0.6) is 0 Å². The SMILES string of the molecule is [Mo].[Ni].[Sn].[W].[Zn]. The second-order valence-electron chi connectivity index (χ2n) is 0. The van der Waals surface area contributed by atoms with Crippen LogP contribution in [0.15, 0.2) is 0 Å². The van der Waals surface area contributed by atoms with Crippen LogP contribution in [0.2, 0.25) is 0 Å². The van der Waals surface area contributed by atoms with Gasteiger partial charge in [-0.05, 0) is 0 Å². The molecular formula is MoNiSnWZn. The van der Waals surface area contributed by atoms with E-state index in [1.165, 1.54) is 0 Å². The van der Waals surface area contributed by atoms with Gasteiger partial charge in [0.05, 0.1) is 0 Å². The van der Waals surface area contributed by atoms with Crippen LogP contribution in [-0.4, -0.2) is 23.9 Å². The van der Waals surface area contributed by atoms with E-state index in [2.05, 4.69) is 0 Å². The molecule has 28 valence electrons. The molecule has 5 heteroatoms. The van der Waals surface area contributed by atoms with Crippen molar-refractivity contribution in [2.75, 3.05) is 0 Å². The Balaban J connectivity index is 0. The molecule has 0 amide bonds. The first-order chi connectivity index (χ1) is 0. The molecule has 0 rings (SSSR count). The molecule has 0 nitrogen and oxygen atoms in total. The van der Waals surface area contributed by atoms with E-state index in [4.69, 9.17) is 0 Å². The van der Waals surface area contributed by atoms with Crippen LogP contribution < -0.4 is 0 Å². The van der Waals surface area contributed by atoms with Crippen molar-refractivity contribution in [3.8, 4) is 0 Å². The van der Waals surface area contributed by atoms with Crippen LogP contribution in [0.25, 0.3) is 0 Å². The van der Waals surface area contributed by atoms with Crippen LogP contribution >= 0.6 is 0 Å². The van der Waals surface area contributed by atoms with Crippen molar-refractivity contribution in [3.05, 3.63) is 0 Å². The first-order valence-corrected chi connectivity index (χ1v) is 0. The van der Waals surface area contributed by atoms with Gasteiger partial charge >= 0.3 is 0 Å². The minimum atomic E-state index is 0. The fraction of sp³-hybridized carbons (Fsp3) is 0. The Kier molecular flexibility index (Phi) is 217. The van der Waals surface area contributed by atoms with Crippen molar-refractivity contribution < 1.29 is 78.1 Å². The zero-order valence-electron chi connectivity index (χ0n) is 2.34. The van der Waals surface area contributed by atoms with Gasteiger partial charge in [0.1, 0.15) is 0 Å². The molecule has 0 bridgehead atoms. The molecule has 0 aliphatic heterocycles. The van der Waals surface area contributed by atoms with Crippen LogP contribution in [-0.2, 0) is 78.1 Å². The Morgan fingerprint density at radius 2 is 1.00 bits per heavy atom. The minimum absolute atomic E-state index is 0. The van der Waals surface area contributed by atoms with Crippen molar-refractivity contribution in [1.29, 1.82) is 0 Å². The van der Waals surface area contributed by atoms with E-state index in [0.717, 1.165) is 0 Å². The summed E-state index contributed by atoms with van der Waals surface area (Å²) < 4.78 is 0. The van der Waals surface area contributed by atoms with Crippen LogP contribution in [0.4, 0.5) is 0 Å². The third kappa shape index (κ3) is 18.8. The molecule has 5 heavy (non-hydrogen) atoms. The predicted molar refractivity (Wildman–Crippen MR) is 5.75 cm³/mol. The monoisotopic (exact) mass is 524 g/mol. The summed E-state index contributed by atoms with van der Waals surface area (Å²) in [6.07, 6.45) is 0. The summed E-state index contributed by atoms with van der Waals surface area (Å²) >= 11 is 0. The number of hydrogen-bond donors (Lipinski definition) is 0. The van der Waals surface area contributed by atoms with Crippen molar-refractivity contribution in [1.82, 2.24) is 0 Å². The van der Waals surface area contributed by atoms with E-state index in [1.807, 2.05) is 0 Å². The Labute approximate surface area is 100 Å². The summed E-state index contributed by atoms with van der Waals surface area (Å²) in [4.78, 5) is 0. The standard InChI is InChI=1S/Mo.Ni.Sn.W.Zn. The molecular weight excluding hydrogens is 523 g/mol. The van der Waals surface area contributed by atoms with Gasteiger partial charge in [0, 0.05) is 102 Å². The minimum Gasteiger partial charge on any atom is 0 e. The molecule has 0 heterocycles. The molecule has 0 aromatic rings. The maximum Gasteiger partial charge on any atom is 0 e. The maximum absolute atomic E-state index is 0. The quantitative estimate of drug-likeness (QED) is 0.381. The van der Waals surface area contributed by atoms with Gasteiger partial charge in [0.15, 0.2) is 0 Å². The molecule has 0 aliphatic carbocycles. The van der Waals surface area contributed by atoms with Gasteiger partial charge in [0.2, 0.25) is 0 Å². The molecule has 0 N–H and O–H groups in total. The van der Waals surface area contributed by atoms with Crippen molar-refractivity contribution in [3.63, 3.8) is 0 Å². The molecule has 0 saturated heterocycles. The number of rotatable bonds is 0. The summed E-state index contributed by atoms with van der Waals surface area (Å²) in [6, 6.07) is 0. The molecule has 0 unspecified atom stereocenters. The van der Waals surface area contributed by atoms with E-state index in [1.54, 1.807) is 0 Å². The summed E-state index contributed by atoms with van der Waals surface area (Å²) in [7, 11) is 0. The van der Waals surface area contributed by atoms with Gasteiger partial charge in [-0.2, -0.15) is 0 Å². The normalized spacial score (nSPS) is 0. The van der Waals surface area contributed by atoms with Crippen LogP contribution in [0.1, 0.15) is 0 Å². The average Bonchev–Trinajstić information content (AvgIpc) is 0. The molecule has 0 aliphatic rings. The van der Waals surface area contributed by atoms with Gasteiger partial charge in [-0.3, -0.25) is 0 Å². The van der Waals surface area contributed by atoms with E-state index >= 15 is 0 Å². The van der Waals surface area contributed by atoms with Crippen LogP contribution in [0, 0.1) is 0 Å². The average molecular weight is 523 g/mol. The number of hydrogen-bond acceptors (Lipinski definition) is 0. The van der Waals surface area contributed by atoms with E-state index in [0.29, 0.717) is 0 Å². The molecule has 0 spiro atoms. The zero-order valence-corrected chi connectivity index (χ0v) is 14.1. The van der Waals surface area contributed by atoms with Crippen molar-refractivity contribution in [2.24, 2.45) is 0 Å². The fourth-order valence-electron chi connectivity index (χ4n) is 0. The van der Waals surface area contributed by atoms with E-state index in [-0.39, 0.29) is 102 Å². The fourth-order valence-corrected chi connectivity index (χ4v) is 0. The van der Waals surface area contributed by atoms with Gasteiger partial charge in [-0.25, -0.2) is 0 Å². The molecule has 0 aromatic carbocycles. The van der Waals surface area contributed by atoms with E-state index in [9.17, 15) is 0 Å². The van der Waals surface area contributed by atoms with Gasteiger partial charge in [-0.15, -0.1) is 0 Å². The second kappa shape index (κ2) is 26.6. The third-order valence-electron chi connectivity index (χ3n) is 0. The Hall–Kier alpha value is 3.29. The van der Waals surface area contributed by atoms with Crippen molar-refractivity contribution in [2.45, 2.75) is 0 Å². The first kappa shape index (κ1) is 40.7. The van der Waals surface area contributed by atoms with Crippen molar-refractivity contribution >= 4 is 23.9 Å². The second-order valence-corrected chi connectivity index (χ2v) is 0. The molecule has 4 radical (unpaired) electrons. The molecule has 0 aromatic heterocycles. The smallest absolute Gasteiger partial charge is 0 e. The predicted octanol–water partition coefficient (Wildman–Crippen LogP) is -0.391. The topological polar surface area (TPSA) is 0 Å². The van der Waals surface area contributed by atoms with Gasteiger partial charge < -0.3 is 0 Å². The Morgan fingerprint density at radius 1 is 1.00 bits per heavy atom. The molecule has 0 atom stereocenters. The summed E-state index contributed by atoms with van der Waals surface area (Å²) in [5.41, 5.74) is 0. The van der Waals surface area contributed by atoms with E-state index < -0.39 is 0 Å². The summed E-state index contributed by atoms with van der Waals surface area (Å²) in [5, 5.41) is 0. The maximum atomic E-state index is 0. The zero-order chi connectivity index (χ0) is 0. The van der Waals surface area contributed by atoms with Gasteiger partial charge in [0.25, 0.3) is 0 Å². The summed E-state index contributed by atoms with van der Waals surface area (Å²) in [5.74, 6) is 0. The summed E-state index contributed by atoms with van der Waals surface area (Å²) in [6.45, 7) is 0. The third-order valence-corrected chi connectivity index (χ3v) is 0.